The van der Waals surface area contributed by atoms with E-state index in [1.54, 1.807) is 31.2 Å². The standard InChI is InChI=1S/C20H20N2O4/c1-13(16-5-8-18-19(11-16)25-10-9-24-18)22-20(23)14(2)26-17-6-3-15(12-21)4-7-17/h3-8,11,13-14H,9-10H2,1-2H3,(H,22,23). The van der Waals surface area contributed by atoms with Gasteiger partial charge in [0.15, 0.2) is 17.6 Å². The molecule has 1 aliphatic rings. The van der Waals surface area contributed by atoms with E-state index < -0.39 is 6.10 Å². The zero-order valence-electron chi connectivity index (χ0n) is 14.7. The van der Waals surface area contributed by atoms with Gasteiger partial charge in [0, 0.05) is 0 Å². The normalized spacial score (nSPS) is 14.7. The highest BCUT2D eigenvalue weighted by Crippen LogP contribution is 2.32. The van der Waals surface area contributed by atoms with Gasteiger partial charge in [0.25, 0.3) is 5.91 Å². The largest absolute Gasteiger partial charge is 0.486 e. The number of amides is 1. The second-order valence-electron chi connectivity index (χ2n) is 6.03. The van der Waals surface area contributed by atoms with Gasteiger partial charge in [-0.2, -0.15) is 5.26 Å². The molecule has 1 amide bonds. The van der Waals surface area contributed by atoms with E-state index in [2.05, 4.69) is 5.32 Å². The van der Waals surface area contributed by atoms with Crippen molar-refractivity contribution in [1.29, 1.82) is 5.26 Å². The van der Waals surface area contributed by atoms with E-state index in [1.807, 2.05) is 31.2 Å². The number of nitrogens with zero attached hydrogens (tertiary/aromatic N) is 1. The lowest BCUT2D eigenvalue weighted by atomic mass is 10.1. The first-order valence-electron chi connectivity index (χ1n) is 8.43. The molecule has 0 aromatic heterocycles. The fraction of sp³-hybridized carbons (Fsp3) is 0.300. The lowest BCUT2D eigenvalue weighted by molar-refractivity contribution is -0.127. The van der Waals surface area contributed by atoms with Crippen molar-refractivity contribution in [2.75, 3.05) is 13.2 Å². The van der Waals surface area contributed by atoms with E-state index in [4.69, 9.17) is 19.5 Å². The van der Waals surface area contributed by atoms with Crippen LogP contribution in [-0.4, -0.2) is 25.2 Å². The Kier molecular flexibility index (Phi) is 5.28. The third-order valence-corrected chi connectivity index (χ3v) is 4.09. The molecule has 2 aromatic carbocycles. The van der Waals surface area contributed by atoms with Crippen LogP contribution in [-0.2, 0) is 4.79 Å². The molecule has 0 saturated carbocycles. The second-order valence-corrected chi connectivity index (χ2v) is 6.03. The summed E-state index contributed by atoms with van der Waals surface area (Å²) < 4.78 is 16.7. The summed E-state index contributed by atoms with van der Waals surface area (Å²) in [4.78, 5) is 12.4. The van der Waals surface area contributed by atoms with Crippen LogP contribution in [0.2, 0.25) is 0 Å². The molecule has 0 saturated heterocycles. The first-order valence-corrected chi connectivity index (χ1v) is 8.43. The Bertz CT molecular complexity index is 827. The molecule has 1 N–H and O–H groups in total. The molecular formula is C20H20N2O4. The van der Waals surface area contributed by atoms with Crippen molar-refractivity contribution in [3.05, 3.63) is 53.6 Å². The van der Waals surface area contributed by atoms with Crippen LogP contribution in [0.4, 0.5) is 0 Å². The Morgan fingerprint density at radius 1 is 1.12 bits per heavy atom. The molecule has 0 radical (unpaired) electrons. The number of benzene rings is 2. The summed E-state index contributed by atoms with van der Waals surface area (Å²) in [5.41, 5.74) is 1.47. The Labute approximate surface area is 152 Å². The van der Waals surface area contributed by atoms with Crippen molar-refractivity contribution in [3.63, 3.8) is 0 Å². The number of hydrogen-bond acceptors (Lipinski definition) is 5. The molecule has 0 spiro atoms. The van der Waals surface area contributed by atoms with Gasteiger partial charge in [-0.05, 0) is 55.8 Å². The molecule has 3 rings (SSSR count). The minimum atomic E-state index is -0.664. The second kappa shape index (κ2) is 7.79. The van der Waals surface area contributed by atoms with Gasteiger partial charge in [-0.3, -0.25) is 4.79 Å². The summed E-state index contributed by atoms with van der Waals surface area (Å²) in [6.07, 6.45) is -0.664. The Hall–Kier alpha value is -3.20. The number of rotatable bonds is 5. The number of fused-ring (bicyclic) bond motifs is 1. The van der Waals surface area contributed by atoms with Crippen molar-refractivity contribution < 1.29 is 19.0 Å². The fourth-order valence-corrected chi connectivity index (χ4v) is 2.61. The van der Waals surface area contributed by atoms with Crippen LogP contribution in [0.15, 0.2) is 42.5 Å². The molecule has 26 heavy (non-hydrogen) atoms. The smallest absolute Gasteiger partial charge is 0.261 e. The molecule has 2 aromatic rings. The van der Waals surface area contributed by atoms with Crippen LogP contribution in [0.25, 0.3) is 0 Å². The topological polar surface area (TPSA) is 80.6 Å². The quantitative estimate of drug-likeness (QED) is 0.895. The highest BCUT2D eigenvalue weighted by atomic mass is 16.6. The van der Waals surface area contributed by atoms with Gasteiger partial charge in [-0.15, -0.1) is 0 Å². The Balaban J connectivity index is 1.60. The van der Waals surface area contributed by atoms with Gasteiger partial charge in [-0.25, -0.2) is 0 Å². The third kappa shape index (κ3) is 4.06. The Morgan fingerprint density at radius 3 is 2.50 bits per heavy atom. The van der Waals surface area contributed by atoms with Gasteiger partial charge in [0.2, 0.25) is 0 Å². The molecule has 0 fully saturated rings. The van der Waals surface area contributed by atoms with Crippen molar-refractivity contribution >= 4 is 5.91 Å². The van der Waals surface area contributed by atoms with Crippen molar-refractivity contribution in [3.8, 4) is 23.3 Å². The van der Waals surface area contributed by atoms with Gasteiger partial charge in [0.1, 0.15) is 19.0 Å². The van der Waals surface area contributed by atoms with Gasteiger partial charge >= 0.3 is 0 Å². The van der Waals surface area contributed by atoms with E-state index >= 15 is 0 Å². The SMILES string of the molecule is CC(Oc1ccc(C#N)cc1)C(=O)NC(C)c1ccc2c(c1)OCCO2. The summed E-state index contributed by atoms with van der Waals surface area (Å²) in [5.74, 6) is 1.73. The maximum atomic E-state index is 12.4. The first kappa shape index (κ1) is 17.6. The van der Waals surface area contributed by atoms with Gasteiger partial charge < -0.3 is 19.5 Å². The fourth-order valence-electron chi connectivity index (χ4n) is 2.61. The van der Waals surface area contributed by atoms with Crippen LogP contribution < -0.4 is 19.5 Å². The monoisotopic (exact) mass is 352 g/mol. The number of nitrogens with one attached hydrogen (secondary N) is 1. The van der Waals surface area contributed by atoms with Crippen LogP contribution in [0, 0.1) is 11.3 Å². The predicted molar refractivity (Wildman–Crippen MR) is 95.2 cm³/mol. The average Bonchev–Trinajstić information content (AvgIpc) is 2.68. The summed E-state index contributed by atoms with van der Waals surface area (Å²) in [7, 11) is 0. The van der Waals surface area contributed by atoms with Crippen LogP contribution in [0.1, 0.15) is 31.0 Å². The maximum Gasteiger partial charge on any atom is 0.261 e. The van der Waals surface area contributed by atoms with Crippen LogP contribution >= 0.6 is 0 Å². The molecule has 2 unspecified atom stereocenters. The number of ether oxygens (including phenoxy) is 3. The summed E-state index contributed by atoms with van der Waals surface area (Å²) in [6.45, 7) is 4.65. The number of carbonyl (C=O) groups is 1. The molecule has 1 aliphatic heterocycles. The summed E-state index contributed by atoms with van der Waals surface area (Å²) >= 11 is 0. The summed E-state index contributed by atoms with van der Waals surface area (Å²) in [6, 6.07) is 14.1. The highest BCUT2D eigenvalue weighted by molar-refractivity contribution is 5.81. The maximum absolute atomic E-state index is 12.4. The van der Waals surface area contributed by atoms with E-state index in [-0.39, 0.29) is 11.9 Å². The van der Waals surface area contributed by atoms with Crippen LogP contribution in [0.5, 0.6) is 17.2 Å². The lowest BCUT2D eigenvalue weighted by Gasteiger charge is -2.22. The molecule has 6 nitrogen and oxygen atoms in total. The predicted octanol–water partition coefficient (Wildman–Crippen LogP) is 2.97. The van der Waals surface area contributed by atoms with Gasteiger partial charge in [-0.1, -0.05) is 6.07 Å². The molecule has 6 heteroatoms. The number of hydrogen-bond donors (Lipinski definition) is 1. The molecular weight excluding hydrogens is 332 g/mol. The minimum absolute atomic E-state index is 0.203. The highest BCUT2D eigenvalue weighted by Gasteiger charge is 2.19. The zero-order chi connectivity index (χ0) is 18.5. The van der Waals surface area contributed by atoms with Gasteiger partial charge in [0.05, 0.1) is 17.7 Å². The van der Waals surface area contributed by atoms with Crippen molar-refractivity contribution in [1.82, 2.24) is 5.32 Å². The molecule has 0 aliphatic carbocycles. The van der Waals surface area contributed by atoms with E-state index in [0.717, 1.165) is 11.3 Å². The third-order valence-electron chi connectivity index (χ3n) is 4.09. The zero-order valence-corrected chi connectivity index (χ0v) is 14.7. The number of nitriles is 1. The summed E-state index contributed by atoms with van der Waals surface area (Å²) in [5, 5.41) is 11.7. The molecule has 134 valence electrons. The van der Waals surface area contributed by atoms with E-state index in [0.29, 0.717) is 30.3 Å². The molecule has 0 bridgehead atoms. The van der Waals surface area contributed by atoms with Crippen molar-refractivity contribution in [2.45, 2.75) is 26.0 Å². The average molecular weight is 352 g/mol. The molecule has 2 atom stereocenters. The lowest BCUT2D eigenvalue weighted by Crippen LogP contribution is -2.37. The Morgan fingerprint density at radius 2 is 1.81 bits per heavy atom. The van der Waals surface area contributed by atoms with E-state index in [9.17, 15) is 4.79 Å². The van der Waals surface area contributed by atoms with E-state index in [1.165, 1.54) is 0 Å². The molecule has 1 heterocycles. The number of carbonyl (C=O) groups excluding carboxylic acids is 1. The van der Waals surface area contributed by atoms with Crippen LogP contribution in [0.3, 0.4) is 0 Å². The van der Waals surface area contributed by atoms with Crippen molar-refractivity contribution in [2.24, 2.45) is 0 Å². The minimum Gasteiger partial charge on any atom is -0.486 e. The first-order chi connectivity index (χ1) is 12.6.